The number of halogens is 1. The van der Waals surface area contributed by atoms with E-state index in [0.717, 1.165) is 11.3 Å². The molecule has 10 heavy (non-hydrogen) atoms. The average molecular weight is 180 g/mol. The van der Waals surface area contributed by atoms with Gasteiger partial charge in [-0.3, -0.25) is 0 Å². The zero-order chi connectivity index (χ0) is 7.98. The fourth-order valence-electron chi connectivity index (χ4n) is 0.257. The van der Waals surface area contributed by atoms with E-state index in [1.54, 1.807) is 0 Å². The van der Waals surface area contributed by atoms with Gasteiger partial charge in [0.15, 0.2) is 5.17 Å². The Kier molecular flexibility index (Phi) is 5.25. The van der Waals surface area contributed by atoms with Crippen molar-refractivity contribution in [2.24, 2.45) is 16.7 Å². The third-order valence-corrected chi connectivity index (χ3v) is 2.13. The highest BCUT2D eigenvalue weighted by atomic mass is 35.5. The highest BCUT2D eigenvalue weighted by molar-refractivity contribution is 8.13. The summed E-state index contributed by atoms with van der Waals surface area (Å²) in [5.41, 5.74) is 7.84. The van der Waals surface area contributed by atoms with E-state index in [0.29, 0.717) is 5.17 Å². The van der Waals surface area contributed by atoms with Crippen molar-refractivity contribution in [2.75, 3.05) is 5.75 Å². The van der Waals surface area contributed by atoms with Crippen LogP contribution in [0.1, 0.15) is 6.92 Å². The van der Waals surface area contributed by atoms with Crippen molar-refractivity contribution in [3.63, 3.8) is 0 Å². The van der Waals surface area contributed by atoms with Gasteiger partial charge in [-0.05, 0) is 6.92 Å². The molecule has 0 amide bonds. The van der Waals surface area contributed by atoms with E-state index < -0.39 is 0 Å². The summed E-state index contributed by atoms with van der Waals surface area (Å²) in [4.78, 5) is 0. The first-order chi connectivity index (χ1) is 4.70. The number of rotatable bonds is 2. The number of nitrogens with two attached hydrogens (primary N) is 2. The van der Waals surface area contributed by atoms with E-state index in [1.165, 1.54) is 17.3 Å². The second-order valence-electron chi connectivity index (χ2n) is 1.71. The van der Waals surface area contributed by atoms with Gasteiger partial charge in [-0.1, -0.05) is 28.9 Å². The molecule has 4 N–H and O–H groups in total. The normalized spacial score (nSPS) is 13.8. The fraction of sp³-hybridized carbons (Fsp3) is 0.400. The van der Waals surface area contributed by atoms with Gasteiger partial charge in [-0.25, -0.2) is 0 Å². The third kappa shape index (κ3) is 4.52. The summed E-state index contributed by atoms with van der Waals surface area (Å²) in [5.74, 6) is 5.62. The molecule has 3 nitrogen and oxygen atoms in total. The molecule has 0 atom stereocenters. The molecule has 0 bridgehead atoms. The lowest BCUT2D eigenvalue weighted by Crippen LogP contribution is -2.09. The molecule has 0 spiro atoms. The average Bonchev–Trinajstić information content (AvgIpc) is 1.99. The molecule has 0 aromatic carbocycles. The van der Waals surface area contributed by atoms with Gasteiger partial charge in [0.05, 0.1) is 0 Å². The van der Waals surface area contributed by atoms with Crippen LogP contribution in [0.15, 0.2) is 16.2 Å². The predicted octanol–water partition coefficient (Wildman–Crippen LogP) is 1.05. The molecule has 0 aliphatic rings. The van der Waals surface area contributed by atoms with Crippen molar-refractivity contribution in [3.8, 4) is 0 Å². The molecule has 0 saturated carbocycles. The molecule has 0 unspecified atom stereocenters. The maximum atomic E-state index is 5.39. The molecule has 58 valence electrons. The smallest absolute Gasteiger partial charge is 0.177 e. The molecule has 0 saturated heterocycles. The maximum absolute atomic E-state index is 5.39. The number of nitrogens with zero attached hydrogens (tertiary/aromatic N) is 1. The molecular formula is C5H10ClN3S. The SMILES string of the molecule is C/C(=C\Cl)CS/C(N)=N/N. The van der Waals surface area contributed by atoms with Gasteiger partial charge in [0.25, 0.3) is 0 Å². The Bertz CT molecular complexity index is 137. The molecular weight excluding hydrogens is 170 g/mol. The van der Waals surface area contributed by atoms with Crippen molar-refractivity contribution < 1.29 is 0 Å². The lowest BCUT2D eigenvalue weighted by atomic mass is 10.4. The monoisotopic (exact) mass is 179 g/mol. The summed E-state index contributed by atoms with van der Waals surface area (Å²) in [6.07, 6.45) is 0. The Balaban J connectivity index is 3.56. The summed E-state index contributed by atoms with van der Waals surface area (Å²) in [7, 11) is 0. The second-order valence-corrected chi connectivity index (χ2v) is 2.93. The van der Waals surface area contributed by atoms with Crippen molar-refractivity contribution in [2.45, 2.75) is 6.92 Å². The molecule has 0 radical (unpaired) electrons. The Hall–Kier alpha value is -0.350. The standard InChI is InChI=1S/C5H10ClN3S/c1-4(2-6)3-10-5(7)9-8/h2H,3,8H2,1H3,(H2,7,9)/b4-2+. The quantitative estimate of drug-likeness (QED) is 0.288. The minimum Gasteiger partial charge on any atom is -0.377 e. The highest BCUT2D eigenvalue weighted by Gasteiger charge is 1.93. The van der Waals surface area contributed by atoms with Gasteiger partial charge in [0, 0.05) is 11.3 Å². The van der Waals surface area contributed by atoms with Gasteiger partial charge >= 0.3 is 0 Å². The van der Waals surface area contributed by atoms with E-state index in [4.69, 9.17) is 23.2 Å². The van der Waals surface area contributed by atoms with Crippen LogP contribution in [-0.2, 0) is 0 Å². The Morgan fingerprint density at radius 2 is 2.40 bits per heavy atom. The van der Waals surface area contributed by atoms with Crippen molar-refractivity contribution in [1.82, 2.24) is 0 Å². The fourth-order valence-corrected chi connectivity index (χ4v) is 0.959. The molecule has 5 heteroatoms. The van der Waals surface area contributed by atoms with Gasteiger partial charge in [-0.2, -0.15) is 5.10 Å². The first-order valence-corrected chi connectivity index (χ1v) is 4.05. The number of hydrogen-bond acceptors (Lipinski definition) is 3. The number of hydrogen-bond donors (Lipinski definition) is 2. The summed E-state index contributed by atoms with van der Waals surface area (Å²) >= 11 is 6.75. The van der Waals surface area contributed by atoms with Crippen LogP contribution < -0.4 is 11.6 Å². The Morgan fingerprint density at radius 3 is 2.80 bits per heavy atom. The lowest BCUT2D eigenvalue weighted by Gasteiger charge is -1.96. The molecule has 0 aliphatic carbocycles. The largest absolute Gasteiger partial charge is 0.377 e. The number of hydrazone groups is 1. The minimum atomic E-state index is 0.373. The predicted molar refractivity (Wildman–Crippen MR) is 47.9 cm³/mol. The molecule has 0 fully saturated rings. The van der Waals surface area contributed by atoms with Crippen molar-refractivity contribution >= 4 is 28.5 Å². The van der Waals surface area contributed by atoms with Gasteiger partial charge in [0.1, 0.15) is 0 Å². The van der Waals surface area contributed by atoms with Crippen molar-refractivity contribution in [3.05, 3.63) is 11.1 Å². The van der Waals surface area contributed by atoms with E-state index in [-0.39, 0.29) is 0 Å². The first kappa shape index (κ1) is 9.65. The van der Waals surface area contributed by atoms with E-state index >= 15 is 0 Å². The first-order valence-electron chi connectivity index (χ1n) is 2.62. The molecule has 0 rings (SSSR count). The van der Waals surface area contributed by atoms with Crippen molar-refractivity contribution in [1.29, 1.82) is 0 Å². The zero-order valence-electron chi connectivity index (χ0n) is 5.67. The Labute approximate surface area is 69.5 Å². The highest BCUT2D eigenvalue weighted by Crippen LogP contribution is 2.06. The maximum Gasteiger partial charge on any atom is 0.177 e. The number of thioether (sulfide) groups is 1. The summed E-state index contributed by atoms with van der Waals surface area (Å²) < 4.78 is 0. The Morgan fingerprint density at radius 1 is 1.80 bits per heavy atom. The van der Waals surface area contributed by atoms with Crippen LogP contribution >= 0.6 is 23.4 Å². The van der Waals surface area contributed by atoms with Crippen LogP contribution in [0.25, 0.3) is 0 Å². The van der Waals surface area contributed by atoms with Crippen LogP contribution in [0.3, 0.4) is 0 Å². The zero-order valence-corrected chi connectivity index (χ0v) is 7.25. The second kappa shape index (κ2) is 5.44. The summed E-state index contributed by atoms with van der Waals surface area (Å²) in [6.45, 7) is 1.91. The molecule has 0 heterocycles. The summed E-state index contributed by atoms with van der Waals surface area (Å²) in [5, 5.41) is 3.65. The third-order valence-electron chi connectivity index (χ3n) is 0.761. The van der Waals surface area contributed by atoms with E-state index in [2.05, 4.69) is 5.10 Å². The molecule has 0 aromatic rings. The topological polar surface area (TPSA) is 64.4 Å². The summed E-state index contributed by atoms with van der Waals surface area (Å²) in [6, 6.07) is 0. The molecule has 0 aromatic heterocycles. The van der Waals surface area contributed by atoms with Crippen LogP contribution in [0.2, 0.25) is 0 Å². The van der Waals surface area contributed by atoms with Crippen LogP contribution in [-0.4, -0.2) is 10.9 Å². The van der Waals surface area contributed by atoms with Gasteiger partial charge < -0.3 is 11.6 Å². The van der Waals surface area contributed by atoms with Gasteiger partial charge in [0.2, 0.25) is 0 Å². The van der Waals surface area contributed by atoms with E-state index in [9.17, 15) is 0 Å². The van der Waals surface area contributed by atoms with Crippen LogP contribution in [0.5, 0.6) is 0 Å². The minimum absolute atomic E-state index is 0.373. The lowest BCUT2D eigenvalue weighted by molar-refractivity contribution is 1.25. The molecule has 0 aliphatic heterocycles. The van der Waals surface area contributed by atoms with E-state index in [1.807, 2.05) is 6.92 Å². The number of amidine groups is 1. The van der Waals surface area contributed by atoms with Gasteiger partial charge in [-0.15, -0.1) is 0 Å². The van der Waals surface area contributed by atoms with Crippen LogP contribution in [0, 0.1) is 0 Å². The van der Waals surface area contributed by atoms with Crippen LogP contribution in [0.4, 0.5) is 0 Å².